The summed E-state index contributed by atoms with van der Waals surface area (Å²) >= 11 is 0. The van der Waals surface area contributed by atoms with Crippen molar-refractivity contribution in [3.63, 3.8) is 0 Å². The number of alkyl halides is 3. The monoisotopic (exact) mass is 532 g/mol. The third kappa shape index (κ3) is 10.0. The Bertz CT molecular complexity index is 1050. The lowest BCUT2D eigenvalue weighted by Gasteiger charge is -2.29. The molecule has 1 aliphatic heterocycles. The summed E-state index contributed by atoms with van der Waals surface area (Å²) in [6.07, 6.45) is 1.06. The number of halogens is 3. The first kappa shape index (κ1) is 31.2. The summed E-state index contributed by atoms with van der Waals surface area (Å²) in [7, 11) is 1.90. The number of furan rings is 1. The normalized spacial score (nSPS) is 15.1. The Morgan fingerprint density at radius 2 is 1.82 bits per heavy atom. The molecule has 2 heterocycles. The van der Waals surface area contributed by atoms with Crippen molar-refractivity contribution in [2.45, 2.75) is 72.6 Å². The van der Waals surface area contributed by atoms with E-state index in [1.54, 1.807) is 13.2 Å². The lowest BCUT2D eigenvalue weighted by molar-refractivity contribution is -0.0930. The lowest BCUT2D eigenvalue weighted by Crippen LogP contribution is -2.29. The fraction of sp³-hybridized carbons (Fsp3) is 0.500. The fourth-order valence-electron chi connectivity index (χ4n) is 4.21. The zero-order valence-corrected chi connectivity index (χ0v) is 23.5. The molecule has 0 radical (unpaired) electrons. The van der Waals surface area contributed by atoms with Crippen LogP contribution in [0.3, 0.4) is 0 Å². The minimum atomic E-state index is -4.58. The summed E-state index contributed by atoms with van der Waals surface area (Å²) in [5.41, 5.74) is 1.87. The van der Waals surface area contributed by atoms with Gasteiger partial charge in [0.1, 0.15) is 11.5 Å². The van der Waals surface area contributed by atoms with Crippen molar-refractivity contribution < 1.29 is 17.6 Å². The van der Waals surface area contributed by atoms with Gasteiger partial charge in [0.25, 0.3) is 0 Å². The van der Waals surface area contributed by atoms with Crippen LogP contribution >= 0.6 is 0 Å². The van der Waals surface area contributed by atoms with Crippen molar-refractivity contribution in [2.24, 2.45) is 4.99 Å². The van der Waals surface area contributed by atoms with Gasteiger partial charge >= 0.3 is 6.18 Å². The molecule has 0 atom stereocenters. The van der Waals surface area contributed by atoms with E-state index in [0.717, 1.165) is 30.1 Å². The van der Waals surface area contributed by atoms with Gasteiger partial charge in [0, 0.05) is 48.8 Å². The first-order valence-electron chi connectivity index (χ1n) is 13.4. The average molecular weight is 533 g/mol. The van der Waals surface area contributed by atoms with Crippen LogP contribution in [0.1, 0.15) is 64.7 Å². The molecule has 1 N–H and O–H groups in total. The second-order valence-corrected chi connectivity index (χ2v) is 9.44. The van der Waals surface area contributed by atoms with Gasteiger partial charge in [-0.15, -0.1) is 0 Å². The molecule has 2 aromatic rings. The van der Waals surface area contributed by atoms with Crippen LogP contribution in [0, 0.1) is 0 Å². The van der Waals surface area contributed by atoms with Gasteiger partial charge in [0.2, 0.25) is 0 Å². The first-order chi connectivity index (χ1) is 18.1. The van der Waals surface area contributed by atoms with Crippen LogP contribution in [-0.4, -0.2) is 43.5 Å². The topological polar surface area (TPSA) is 44.0 Å². The second-order valence-electron chi connectivity index (χ2n) is 9.44. The molecule has 1 aromatic heterocycles. The molecule has 3 rings (SSSR count). The van der Waals surface area contributed by atoms with E-state index in [-0.39, 0.29) is 11.3 Å². The zero-order chi connectivity index (χ0) is 28.1. The molecule has 210 valence electrons. The van der Waals surface area contributed by atoms with Gasteiger partial charge in [0.05, 0.1) is 12.8 Å². The van der Waals surface area contributed by atoms with E-state index in [4.69, 9.17) is 4.42 Å². The Labute approximate surface area is 226 Å². The van der Waals surface area contributed by atoms with Gasteiger partial charge < -0.3 is 14.6 Å². The Hall–Kier alpha value is -3.00. The minimum Gasteiger partial charge on any atom is -0.468 e. The lowest BCUT2D eigenvalue weighted by atomic mass is 10.1. The fourth-order valence-corrected chi connectivity index (χ4v) is 4.21. The standard InChI is InChI=1S/C28H37F3N4O.C2H6/c1-21(13-16-34(4)20-26-12-9-17-36-26)33-27(28(29,30)31)22(2)23(3)32-19-24-10-8-11-25(18-24)35-14-6-5-7-15-35;1-2/h8-12,17-18,32H,3,5-7,13-16,19-20H2,1-2,4H3;1-2H3/b27-22+,33-21?;. The van der Waals surface area contributed by atoms with Gasteiger partial charge in [-0.05, 0) is 76.4 Å². The Morgan fingerprint density at radius 1 is 1.11 bits per heavy atom. The van der Waals surface area contributed by atoms with Gasteiger partial charge in [-0.3, -0.25) is 9.89 Å². The number of anilines is 1. The molecule has 8 heteroatoms. The quantitative estimate of drug-likeness (QED) is 0.238. The molecule has 0 spiro atoms. The molecule has 0 saturated carbocycles. The molecule has 1 fully saturated rings. The third-order valence-corrected chi connectivity index (χ3v) is 6.38. The molecular weight excluding hydrogens is 489 g/mol. The Morgan fingerprint density at radius 3 is 2.45 bits per heavy atom. The molecule has 0 unspecified atom stereocenters. The number of benzene rings is 1. The van der Waals surface area contributed by atoms with E-state index < -0.39 is 11.9 Å². The van der Waals surface area contributed by atoms with Crippen LogP contribution in [0.2, 0.25) is 0 Å². The number of hydrogen-bond acceptors (Lipinski definition) is 5. The van der Waals surface area contributed by atoms with E-state index in [9.17, 15) is 13.2 Å². The summed E-state index contributed by atoms with van der Waals surface area (Å²) in [6.45, 7) is 14.5. The molecule has 0 amide bonds. The molecule has 0 bridgehead atoms. The summed E-state index contributed by atoms with van der Waals surface area (Å²) in [5, 5.41) is 3.07. The third-order valence-electron chi connectivity index (χ3n) is 6.38. The van der Waals surface area contributed by atoms with Crippen molar-refractivity contribution in [1.82, 2.24) is 10.2 Å². The predicted octanol–water partition coefficient (Wildman–Crippen LogP) is 7.72. The van der Waals surface area contributed by atoms with Crippen molar-refractivity contribution in [2.75, 3.05) is 31.6 Å². The second kappa shape index (κ2) is 15.4. The highest BCUT2D eigenvalue weighted by molar-refractivity contribution is 5.83. The summed E-state index contributed by atoms with van der Waals surface area (Å²) in [5.74, 6) is 0.808. The molecular formula is C30H43F3N4O. The summed E-state index contributed by atoms with van der Waals surface area (Å²) in [6, 6.07) is 11.8. The van der Waals surface area contributed by atoms with Crippen LogP contribution in [0.15, 0.2) is 75.6 Å². The van der Waals surface area contributed by atoms with E-state index in [1.165, 1.54) is 26.2 Å². The van der Waals surface area contributed by atoms with Gasteiger partial charge in [-0.2, -0.15) is 13.2 Å². The van der Waals surface area contributed by atoms with E-state index >= 15 is 0 Å². The molecule has 1 saturated heterocycles. The van der Waals surface area contributed by atoms with Gasteiger partial charge in [-0.25, -0.2) is 0 Å². The predicted molar refractivity (Wildman–Crippen MR) is 151 cm³/mol. The first-order valence-corrected chi connectivity index (χ1v) is 13.4. The molecule has 0 aliphatic carbocycles. The Kier molecular flexibility index (Phi) is 12.7. The van der Waals surface area contributed by atoms with E-state index in [0.29, 0.717) is 31.8 Å². The number of nitrogens with one attached hydrogen (secondary N) is 1. The van der Waals surface area contributed by atoms with Crippen molar-refractivity contribution >= 4 is 11.4 Å². The van der Waals surface area contributed by atoms with Gasteiger partial charge in [0.15, 0.2) is 0 Å². The maximum absolute atomic E-state index is 13.9. The molecule has 1 aromatic carbocycles. The summed E-state index contributed by atoms with van der Waals surface area (Å²) in [4.78, 5) is 8.33. The number of hydrogen-bond donors (Lipinski definition) is 1. The van der Waals surface area contributed by atoms with Crippen molar-refractivity contribution in [1.29, 1.82) is 0 Å². The minimum absolute atomic E-state index is 0.00187. The maximum atomic E-state index is 13.9. The van der Waals surface area contributed by atoms with E-state index in [1.807, 2.05) is 50.1 Å². The number of piperidine rings is 1. The van der Waals surface area contributed by atoms with Crippen LogP contribution in [0.5, 0.6) is 0 Å². The number of allylic oxidation sites excluding steroid dienone is 2. The highest BCUT2D eigenvalue weighted by Crippen LogP contribution is 2.31. The molecule has 5 nitrogen and oxygen atoms in total. The Balaban J connectivity index is 0.00000247. The smallest absolute Gasteiger partial charge is 0.433 e. The SMILES string of the molecule is C=C(NCc1cccc(N2CCCCC2)c1)/C(C)=C(/N=C(C)CCN(C)Cc1ccco1)C(F)(F)F.CC. The van der Waals surface area contributed by atoms with Crippen LogP contribution in [-0.2, 0) is 13.1 Å². The number of rotatable bonds is 11. The zero-order valence-electron chi connectivity index (χ0n) is 23.5. The average Bonchev–Trinajstić information content (AvgIpc) is 3.43. The number of aliphatic imine (C=N–C) groups is 1. The van der Waals surface area contributed by atoms with Crippen LogP contribution in [0.4, 0.5) is 18.9 Å². The van der Waals surface area contributed by atoms with Crippen LogP contribution < -0.4 is 10.2 Å². The van der Waals surface area contributed by atoms with E-state index in [2.05, 4.69) is 33.9 Å². The molecule has 1 aliphatic rings. The molecule has 38 heavy (non-hydrogen) atoms. The van der Waals surface area contributed by atoms with Crippen LogP contribution in [0.25, 0.3) is 0 Å². The van der Waals surface area contributed by atoms with Gasteiger partial charge in [-0.1, -0.05) is 32.6 Å². The maximum Gasteiger partial charge on any atom is 0.433 e. The van der Waals surface area contributed by atoms with Crippen molar-refractivity contribution in [3.8, 4) is 0 Å². The highest BCUT2D eigenvalue weighted by Gasteiger charge is 2.36. The number of nitrogens with zero attached hydrogens (tertiary/aromatic N) is 3. The van der Waals surface area contributed by atoms with Crippen molar-refractivity contribution in [3.05, 3.63) is 77.5 Å². The highest BCUT2D eigenvalue weighted by atomic mass is 19.4. The summed E-state index contributed by atoms with van der Waals surface area (Å²) < 4.78 is 47.0. The largest absolute Gasteiger partial charge is 0.468 e.